The summed E-state index contributed by atoms with van der Waals surface area (Å²) in [7, 11) is 0. The normalized spacial score (nSPS) is 20.0. The number of benzene rings is 1. The summed E-state index contributed by atoms with van der Waals surface area (Å²) < 4.78 is 5.15. The van der Waals surface area contributed by atoms with Crippen molar-refractivity contribution in [3.63, 3.8) is 0 Å². The van der Waals surface area contributed by atoms with Crippen molar-refractivity contribution < 1.29 is 4.74 Å². The fourth-order valence-corrected chi connectivity index (χ4v) is 1.50. The van der Waals surface area contributed by atoms with E-state index in [0.717, 1.165) is 13.2 Å². The number of rotatable bonds is 3. The number of ether oxygens (including phenoxy) is 1. The van der Waals surface area contributed by atoms with Gasteiger partial charge in [0.15, 0.2) is 0 Å². The van der Waals surface area contributed by atoms with Gasteiger partial charge in [0.25, 0.3) is 0 Å². The first kappa shape index (κ1) is 8.57. The predicted octanol–water partition coefficient (Wildman–Crippen LogP) is 2.11. The van der Waals surface area contributed by atoms with Gasteiger partial charge in [-0.05, 0) is 25.0 Å². The van der Waals surface area contributed by atoms with E-state index >= 15 is 0 Å². The molecule has 0 aromatic heterocycles. The van der Waals surface area contributed by atoms with Crippen LogP contribution in [0.5, 0.6) is 0 Å². The summed E-state index contributed by atoms with van der Waals surface area (Å²) in [6.07, 6.45) is 0.444. The first-order valence-corrected chi connectivity index (χ1v) is 4.69. The van der Waals surface area contributed by atoms with Crippen LogP contribution in [-0.4, -0.2) is 19.3 Å². The maximum absolute atomic E-state index is 5.15. The number of aryl methyl sites for hydroxylation is 2. The first-order valence-electron chi connectivity index (χ1n) is 4.69. The highest BCUT2D eigenvalue weighted by atomic mass is 16.6. The zero-order valence-corrected chi connectivity index (χ0v) is 8.13. The summed E-state index contributed by atoms with van der Waals surface area (Å²) in [5.74, 6) is 0. The molecule has 0 amide bonds. The van der Waals surface area contributed by atoms with Crippen LogP contribution in [0.3, 0.4) is 0 Å². The molecule has 1 aliphatic heterocycles. The lowest BCUT2D eigenvalue weighted by Gasteiger charge is -2.10. The number of epoxide rings is 1. The van der Waals surface area contributed by atoms with E-state index in [2.05, 4.69) is 37.4 Å². The second-order valence-corrected chi connectivity index (χ2v) is 3.60. The quantitative estimate of drug-likeness (QED) is 0.715. The number of nitrogens with one attached hydrogen (secondary N) is 1. The molecule has 1 aliphatic rings. The van der Waals surface area contributed by atoms with E-state index in [1.807, 2.05) is 0 Å². The van der Waals surface area contributed by atoms with E-state index in [9.17, 15) is 0 Å². The molecule has 1 atom stereocenters. The van der Waals surface area contributed by atoms with Crippen LogP contribution in [0.1, 0.15) is 11.1 Å². The van der Waals surface area contributed by atoms with E-state index in [-0.39, 0.29) is 0 Å². The largest absolute Gasteiger partial charge is 0.382 e. The van der Waals surface area contributed by atoms with Gasteiger partial charge in [0, 0.05) is 12.2 Å². The molecule has 2 rings (SSSR count). The van der Waals surface area contributed by atoms with E-state index in [1.165, 1.54) is 16.8 Å². The van der Waals surface area contributed by atoms with E-state index in [4.69, 9.17) is 4.74 Å². The van der Waals surface area contributed by atoms with Crippen molar-refractivity contribution in [1.29, 1.82) is 0 Å². The zero-order valence-electron chi connectivity index (χ0n) is 8.13. The molecular formula is C11H15NO. The standard InChI is InChI=1S/C11H15NO/c1-8-4-3-5-9(2)11(8)12-6-10-7-13-10/h3-5,10,12H,6-7H2,1-2H3/t10-/m0/s1. The summed E-state index contributed by atoms with van der Waals surface area (Å²) in [4.78, 5) is 0. The maximum atomic E-state index is 5.15. The Morgan fingerprint density at radius 1 is 1.38 bits per heavy atom. The van der Waals surface area contributed by atoms with Crippen molar-refractivity contribution in [3.05, 3.63) is 29.3 Å². The van der Waals surface area contributed by atoms with Crippen LogP contribution in [0.25, 0.3) is 0 Å². The molecule has 1 saturated heterocycles. The molecule has 0 unspecified atom stereocenters. The van der Waals surface area contributed by atoms with E-state index in [1.54, 1.807) is 0 Å². The maximum Gasteiger partial charge on any atom is 0.0981 e. The summed E-state index contributed by atoms with van der Waals surface area (Å²) in [5, 5.41) is 3.42. The predicted molar refractivity (Wildman–Crippen MR) is 54.1 cm³/mol. The monoisotopic (exact) mass is 177 g/mol. The molecule has 1 N–H and O–H groups in total. The van der Waals surface area contributed by atoms with Gasteiger partial charge in [0.05, 0.1) is 12.7 Å². The number of anilines is 1. The Bertz CT molecular complexity index is 285. The van der Waals surface area contributed by atoms with Gasteiger partial charge in [-0.3, -0.25) is 0 Å². The number of hydrogen-bond donors (Lipinski definition) is 1. The fourth-order valence-electron chi connectivity index (χ4n) is 1.50. The first-order chi connectivity index (χ1) is 6.27. The number of para-hydroxylation sites is 1. The molecule has 0 bridgehead atoms. The second kappa shape index (κ2) is 3.38. The van der Waals surface area contributed by atoms with Crippen molar-refractivity contribution in [3.8, 4) is 0 Å². The molecule has 2 nitrogen and oxygen atoms in total. The summed E-state index contributed by atoms with van der Waals surface area (Å²) in [6, 6.07) is 6.34. The summed E-state index contributed by atoms with van der Waals surface area (Å²) in [6.45, 7) is 6.11. The van der Waals surface area contributed by atoms with Crippen LogP contribution in [0.4, 0.5) is 5.69 Å². The third-order valence-corrected chi connectivity index (χ3v) is 2.39. The molecule has 1 heterocycles. The molecule has 0 saturated carbocycles. The summed E-state index contributed by atoms with van der Waals surface area (Å²) in [5.41, 5.74) is 3.87. The van der Waals surface area contributed by atoms with Gasteiger partial charge < -0.3 is 10.1 Å². The van der Waals surface area contributed by atoms with Crippen LogP contribution < -0.4 is 5.32 Å². The van der Waals surface area contributed by atoms with Crippen molar-refractivity contribution in [1.82, 2.24) is 0 Å². The Hall–Kier alpha value is -1.02. The minimum Gasteiger partial charge on any atom is -0.382 e. The zero-order chi connectivity index (χ0) is 9.26. The van der Waals surface area contributed by atoms with Gasteiger partial charge in [-0.25, -0.2) is 0 Å². The third kappa shape index (κ3) is 2.01. The van der Waals surface area contributed by atoms with Crippen molar-refractivity contribution in [2.45, 2.75) is 20.0 Å². The van der Waals surface area contributed by atoms with Gasteiger partial charge in [0.1, 0.15) is 0 Å². The smallest absolute Gasteiger partial charge is 0.0981 e. The van der Waals surface area contributed by atoms with Gasteiger partial charge in [-0.2, -0.15) is 0 Å². The van der Waals surface area contributed by atoms with Crippen LogP contribution in [0, 0.1) is 13.8 Å². The van der Waals surface area contributed by atoms with Crippen LogP contribution in [-0.2, 0) is 4.74 Å². The number of hydrogen-bond acceptors (Lipinski definition) is 2. The molecular weight excluding hydrogens is 162 g/mol. The second-order valence-electron chi connectivity index (χ2n) is 3.60. The molecule has 0 aliphatic carbocycles. The van der Waals surface area contributed by atoms with Crippen molar-refractivity contribution in [2.75, 3.05) is 18.5 Å². The van der Waals surface area contributed by atoms with Crippen molar-refractivity contribution in [2.24, 2.45) is 0 Å². The molecule has 0 radical (unpaired) electrons. The Kier molecular flexibility index (Phi) is 2.23. The summed E-state index contributed by atoms with van der Waals surface area (Å²) >= 11 is 0. The molecule has 1 aromatic carbocycles. The Morgan fingerprint density at radius 2 is 2.00 bits per heavy atom. The van der Waals surface area contributed by atoms with Crippen LogP contribution >= 0.6 is 0 Å². The van der Waals surface area contributed by atoms with Gasteiger partial charge >= 0.3 is 0 Å². The fraction of sp³-hybridized carbons (Fsp3) is 0.455. The van der Waals surface area contributed by atoms with Gasteiger partial charge in [-0.15, -0.1) is 0 Å². The average molecular weight is 177 g/mol. The van der Waals surface area contributed by atoms with Crippen LogP contribution in [0.2, 0.25) is 0 Å². The lowest BCUT2D eigenvalue weighted by atomic mass is 10.1. The van der Waals surface area contributed by atoms with E-state index in [0.29, 0.717) is 6.10 Å². The highest BCUT2D eigenvalue weighted by Crippen LogP contribution is 2.20. The SMILES string of the molecule is Cc1cccc(C)c1NC[C@H]1CO1. The van der Waals surface area contributed by atoms with Gasteiger partial charge in [0.2, 0.25) is 0 Å². The molecule has 2 heteroatoms. The third-order valence-electron chi connectivity index (χ3n) is 2.39. The Morgan fingerprint density at radius 3 is 2.54 bits per heavy atom. The molecule has 1 aromatic rings. The van der Waals surface area contributed by atoms with Gasteiger partial charge in [-0.1, -0.05) is 18.2 Å². The highest BCUT2D eigenvalue weighted by molar-refractivity contribution is 5.56. The van der Waals surface area contributed by atoms with E-state index < -0.39 is 0 Å². The topological polar surface area (TPSA) is 24.6 Å². The molecule has 70 valence electrons. The minimum absolute atomic E-state index is 0.444. The average Bonchev–Trinajstić information content (AvgIpc) is 2.87. The highest BCUT2D eigenvalue weighted by Gasteiger charge is 2.21. The molecule has 1 fully saturated rings. The van der Waals surface area contributed by atoms with Crippen molar-refractivity contribution >= 4 is 5.69 Å². The lowest BCUT2D eigenvalue weighted by molar-refractivity contribution is 0.416. The Balaban J connectivity index is 2.07. The molecule has 13 heavy (non-hydrogen) atoms. The minimum atomic E-state index is 0.444. The van der Waals surface area contributed by atoms with Crippen LogP contribution in [0.15, 0.2) is 18.2 Å². The lowest BCUT2D eigenvalue weighted by Crippen LogP contribution is -2.09. The molecule has 0 spiro atoms. The Labute approximate surface area is 78.9 Å².